The van der Waals surface area contributed by atoms with E-state index in [0.717, 1.165) is 12.4 Å². The summed E-state index contributed by atoms with van der Waals surface area (Å²) < 4.78 is 10.7. The van der Waals surface area contributed by atoms with E-state index in [1.807, 2.05) is 6.92 Å². The molecule has 1 aromatic carbocycles. The van der Waals surface area contributed by atoms with Crippen LogP contribution in [0, 0.1) is 11.3 Å². The Labute approximate surface area is 82.9 Å². The molecule has 1 aromatic rings. The number of rotatable bonds is 3. The summed E-state index contributed by atoms with van der Waals surface area (Å²) in [5.41, 5.74) is 0.646. The lowest BCUT2D eigenvalue weighted by Crippen LogP contribution is -2.18. The van der Waals surface area contributed by atoms with Crippen LogP contribution in [0.15, 0.2) is 24.3 Å². The van der Waals surface area contributed by atoms with Gasteiger partial charge in [0.15, 0.2) is 0 Å². The highest BCUT2D eigenvalue weighted by atomic mass is 16.6. The van der Waals surface area contributed by atoms with Crippen LogP contribution in [-0.2, 0) is 4.74 Å². The molecule has 0 bridgehead atoms. The first-order valence-corrected chi connectivity index (χ1v) is 4.58. The maximum atomic E-state index is 8.60. The van der Waals surface area contributed by atoms with Gasteiger partial charge in [-0.3, -0.25) is 0 Å². The lowest BCUT2D eigenvalue weighted by molar-refractivity contribution is 0.176. The fourth-order valence-electron chi connectivity index (χ4n) is 1.23. The van der Waals surface area contributed by atoms with Gasteiger partial charge in [0.25, 0.3) is 0 Å². The molecule has 2 unspecified atom stereocenters. The molecule has 14 heavy (non-hydrogen) atoms. The Hall–Kier alpha value is -1.53. The minimum Gasteiger partial charge on any atom is -0.488 e. The van der Waals surface area contributed by atoms with Crippen molar-refractivity contribution in [1.29, 1.82) is 5.26 Å². The third-order valence-corrected chi connectivity index (χ3v) is 2.19. The van der Waals surface area contributed by atoms with Crippen molar-refractivity contribution in [3.05, 3.63) is 29.8 Å². The highest BCUT2D eigenvalue weighted by Gasteiger charge is 2.30. The molecule has 2 atom stereocenters. The first-order valence-electron chi connectivity index (χ1n) is 4.58. The zero-order valence-corrected chi connectivity index (χ0v) is 7.93. The van der Waals surface area contributed by atoms with Gasteiger partial charge in [0, 0.05) is 0 Å². The summed E-state index contributed by atoms with van der Waals surface area (Å²) in [5.74, 6) is 0.784. The Kier molecular flexibility index (Phi) is 2.38. The zero-order valence-electron chi connectivity index (χ0n) is 7.93. The van der Waals surface area contributed by atoms with Gasteiger partial charge in [0.2, 0.25) is 0 Å². The van der Waals surface area contributed by atoms with E-state index in [1.54, 1.807) is 24.3 Å². The van der Waals surface area contributed by atoms with E-state index in [-0.39, 0.29) is 12.2 Å². The fraction of sp³-hybridized carbons (Fsp3) is 0.364. The molecule has 2 rings (SSSR count). The first kappa shape index (κ1) is 9.04. The summed E-state index contributed by atoms with van der Waals surface area (Å²) in [6, 6.07) is 9.16. The Bertz CT molecular complexity index is 349. The van der Waals surface area contributed by atoms with Crippen LogP contribution < -0.4 is 4.74 Å². The molecule has 3 nitrogen and oxygen atoms in total. The van der Waals surface area contributed by atoms with Gasteiger partial charge in [-0.15, -0.1) is 0 Å². The van der Waals surface area contributed by atoms with Gasteiger partial charge >= 0.3 is 0 Å². The maximum Gasteiger partial charge on any atom is 0.124 e. The van der Waals surface area contributed by atoms with Crippen LogP contribution in [-0.4, -0.2) is 18.8 Å². The van der Waals surface area contributed by atoms with Crippen molar-refractivity contribution in [2.75, 3.05) is 6.61 Å². The number of hydrogen-bond donors (Lipinski definition) is 0. The number of nitrogens with zero attached hydrogens (tertiary/aromatic N) is 1. The van der Waals surface area contributed by atoms with Crippen LogP contribution in [0.5, 0.6) is 5.75 Å². The molecular formula is C11H11NO2. The van der Waals surface area contributed by atoms with Gasteiger partial charge in [-0.1, -0.05) is 0 Å². The number of benzene rings is 1. The van der Waals surface area contributed by atoms with Crippen molar-refractivity contribution in [1.82, 2.24) is 0 Å². The molecule has 0 aromatic heterocycles. The van der Waals surface area contributed by atoms with Crippen LogP contribution in [0.2, 0.25) is 0 Å². The molecule has 1 saturated heterocycles. The van der Waals surface area contributed by atoms with E-state index in [1.165, 1.54) is 0 Å². The molecule has 1 heterocycles. The SMILES string of the molecule is CC(Oc1ccc(C#N)cc1)C1CO1. The predicted octanol–water partition coefficient (Wildman–Crippen LogP) is 1.72. The molecule has 1 aliphatic rings. The Morgan fingerprint density at radius 3 is 2.64 bits per heavy atom. The third-order valence-electron chi connectivity index (χ3n) is 2.19. The van der Waals surface area contributed by atoms with Crippen molar-refractivity contribution in [3.63, 3.8) is 0 Å². The summed E-state index contributed by atoms with van der Waals surface area (Å²) in [6.07, 6.45) is 0.327. The molecule has 3 heteroatoms. The van der Waals surface area contributed by atoms with Crippen molar-refractivity contribution in [3.8, 4) is 11.8 Å². The molecule has 1 aliphatic heterocycles. The van der Waals surface area contributed by atoms with Crippen LogP contribution in [0.3, 0.4) is 0 Å². The van der Waals surface area contributed by atoms with Gasteiger partial charge in [-0.2, -0.15) is 5.26 Å². The van der Waals surface area contributed by atoms with E-state index in [0.29, 0.717) is 5.56 Å². The molecule has 0 spiro atoms. The Morgan fingerprint density at radius 2 is 2.14 bits per heavy atom. The average Bonchev–Trinajstić information content (AvgIpc) is 3.02. The quantitative estimate of drug-likeness (QED) is 0.680. The Morgan fingerprint density at radius 1 is 1.50 bits per heavy atom. The van der Waals surface area contributed by atoms with E-state index in [4.69, 9.17) is 14.7 Å². The van der Waals surface area contributed by atoms with Crippen molar-refractivity contribution >= 4 is 0 Å². The standard InChI is InChI=1S/C11H11NO2/c1-8(11-7-13-11)14-10-4-2-9(6-12)3-5-10/h2-5,8,11H,7H2,1H3. The molecule has 0 aliphatic carbocycles. The summed E-state index contributed by atoms with van der Waals surface area (Å²) >= 11 is 0. The molecular weight excluding hydrogens is 178 g/mol. The van der Waals surface area contributed by atoms with E-state index in [9.17, 15) is 0 Å². The van der Waals surface area contributed by atoms with Gasteiger partial charge in [0.05, 0.1) is 18.2 Å². The van der Waals surface area contributed by atoms with Gasteiger partial charge in [-0.05, 0) is 31.2 Å². The molecule has 0 N–H and O–H groups in total. The second-order valence-corrected chi connectivity index (χ2v) is 3.33. The van der Waals surface area contributed by atoms with Crippen LogP contribution in [0.1, 0.15) is 12.5 Å². The normalized spacial score (nSPS) is 21.0. The molecule has 0 radical (unpaired) electrons. The number of hydrogen-bond acceptors (Lipinski definition) is 3. The van der Waals surface area contributed by atoms with Crippen molar-refractivity contribution in [2.45, 2.75) is 19.1 Å². The highest BCUT2D eigenvalue weighted by Crippen LogP contribution is 2.20. The molecule has 1 fully saturated rings. The fourth-order valence-corrected chi connectivity index (χ4v) is 1.23. The lowest BCUT2D eigenvalue weighted by Gasteiger charge is -2.11. The predicted molar refractivity (Wildman–Crippen MR) is 51.0 cm³/mol. The summed E-state index contributed by atoms with van der Waals surface area (Å²) in [4.78, 5) is 0. The summed E-state index contributed by atoms with van der Waals surface area (Å²) in [5, 5.41) is 8.60. The van der Waals surface area contributed by atoms with E-state index >= 15 is 0 Å². The van der Waals surface area contributed by atoms with Crippen molar-refractivity contribution in [2.24, 2.45) is 0 Å². The van der Waals surface area contributed by atoms with Gasteiger partial charge in [-0.25, -0.2) is 0 Å². The summed E-state index contributed by atoms with van der Waals surface area (Å²) in [7, 11) is 0. The van der Waals surface area contributed by atoms with Crippen LogP contribution >= 0.6 is 0 Å². The monoisotopic (exact) mass is 189 g/mol. The van der Waals surface area contributed by atoms with Crippen LogP contribution in [0.25, 0.3) is 0 Å². The molecule has 72 valence electrons. The lowest BCUT2D eigenvalue weighted by atomic mass is 10.2. The average molecular weight is 189 g/mol. The highest BCUT2D eigenvalue weighted by molar-refractivity contribution is 5.34. The minimum atomic E-state index is 0.0861. The topological polar surface area (TPSA) is 45.5 Å². The largest absolute Gasteiger partial charge is 0.488 e. The summed E-state index contributed by atoms with van der Waals surface area (Å²) in [6.45, 7) is 2.77. The number of nitriles is 1. The zero-order chi connectivity index (χ0) is 9.97. The third kappa shape index (κ3) is 2.04. The van der Waals surface area contributed by atoms with Gasteiger partial charge < -0.3 is 9.47 Å². The Balaban J connectivity index is 1.99. The smallest absolute Gasteiger partial charge is 0.124 e. The van der Waals surface area contributed by atoms with E-state index in [2.05, 4.69) is 6.07 Å². The molecule has 0 amide bonds. The van der Waals surface area contributed by atoms with Crippen molar-refractivity contribution < 1.29 is 9.47 Å². The molecule has 0 saturated carbocycles. The maximum absolute atomic E-state index is 8.60. The number of ether oxygens (including phenoxy) is 2. The second kappa shape index (κ2) is 3.69. The van der Waals surface area contributed by atoms with E-state index < -0.39 is 0 Å². The second-order valence-electron chi connectivity index (χ2n) is 3.33. The van der Waals surface area contributed by atoms with Crippen LogP contribution in [0.4, 0.5) is 0 Å². The first-order chi connectivity index (χ1) is 6.79. The van der Waals surface area contributed by atoms with Gasteiger partial charge in [0.1, 0.15) is 18.0 Å². The minimum absolute atomic E-state index is 0.0861. The number of epoxide rings is 1.